The Morgan fingerprint density at radius 1 is 1.03 bits per heavy atom. The zero-order valence-electron chi connectivity index (χ0n) is 17.4. The molecule has 5 rings (SSSR count). The van der Waals surface area contributed by atoms with E-state index in [2.05, 4.69) is 9.97 Å². The zero-order chi connectivity index (χ0) is 23.4. The van der Waals surface area contributed by atoms with E-state index in [9.17, 15) is 26.4 Å². The number of hydrogen-bond donors (Lipinski definition) is 0. The Labute approximate surface area is 188 Å². The molecule has 176 valence electrons. The maximum atomic E-state index is 13.0. The van der Waals surface area contributed by atoms with Gasteiger partial charge in [0.05, 0.1) is 28.5 Å². The Morgan fingerprint density at radius 3 is 2.36 bits per heavy atom. The second kappa shape index (κ2) is 7.94. The summed E-state index contributed by atoms with van der Waals surface area (Å²) in [5.74, 6) is 0.456. The molecule has 1 aliphatic carbocycles. The summed E-state index contributed by atoms with van der Waals surface area (Å²) in [6.45, 7) is 0.269. The summed E-state index contributed by atoms with van der Waals surface area (Å²) in [6.07, 6.45) is 0.291. The van der Waals surface area contributed by atoms with Crippen molar-refractivity contribution in [2.24, 2.45) is 0 Å². The molecular formula is C21H21F3N4O4S. The zero-order valence-corrected chi connectivity index (χ0v) is 18.2. The van der Waals surface area contributed by atoms with Crippen LogP contribution in [0.2, 0.25) is 0 Å². The molecule has 1 saturated carbocycles. The predicted octanol–water partition coefficient (Wildman–Crippen LogP) is 2.43. The first-order chi connectivity index (χ1) is 15.6. The van der Waals surface area contributed by atoms with Crippen LogP contribution in [-0.4, -0.2) is 65.3 Å². The number of ether oxygens (including phenoxy) is 1. The van der Waals surface area contributed by atoms with Crippen molar-refractivity contribution in [1.29, 1.82) is 0 Å². The van der Waals surface area contributed by atoms with Gasteiger partial charge in [-0.15, -0.1) is 0 Å². The number of sulfonamides is 1. The van der Waals surface area contributed by atoms with Crippen molar-refractivity contribution in [3.05, 3.63) is 47.9 Å². The Bertz CT molecular complexity index is 1150. The first kappa shape index (κ1) is 22.1. The van der Waals surface area contributed by atoms with E-state index >= 15 is 0 Å². The number of hydrogen-bond acceptors (Lipinski definition) is 6. The van der Waals surface area contributed by atoms with E-state index in [1.807, 2.05) is 0 Å². The van der Waals surface area contributed by atoms with Gasteiger partial charge in [-0.05, 0) is 37.1 Å². The quantitative estimate of drug-likeness (QED) is 0.650. The molecule has 2 saturated heterocycles. The number of alkyl halides is 3. The summed E-state index contributed by atoms with van der Waals surface area (Å²) in [5.41, 5.74) is -0.0115. The molecule has 8 nitrogen and oxygen atoms in total. The number of amides is 1. The van der Waals surface area contributed by atoms with Gasteiger partial charge in [0.1, 0.15) is 0 Å². The average molecular weight is 482 g/mol. The standard InChI is InChI=1S/C21H21F3N4O4S/c22-21(23,24)14-3-5-16(6-4-14)33(30,31)27-7-8-28-15(12-27)9-18(20(28)29)32-19-11-25-17(10-26-19)13-1-2-13/h3-6,10-11,13,15,18H,1-2,7-9,12H2. The summed E-state index contributed by atoms with van der Waals surface area (Å²) in [5, 5.41) is 0. The molecule has 2 unspecified atom stereocenters. The lowest BCUT2D eigenvalue weighted by Crippen LogP contribution is -2.53. The number of nitrogens with zero attached hydrogens (tertiary/aromatic N) is 4. The lowest BCUT2D eigenvalue weighted by molar-refractivity contribution is -0.137. The number of halogens is 3. The molecule has 33 heavy (non-hydrogen) atoms. The second-order valence-electron chi connectivity index (χ2n) is 8.47. The third kappa shape index (κ3) is 4.29. The minimum atomic E-state index is -4.55. The van der Waals surface area contributed by atoms with Crippen LogP contribution in [0.1, 0.15) is 36.4 Å². The van der Waals surface area contributed by atoms with Gasteiger partial charge >= 0.3 is 6.18 Å². The molecular weight excluding hydrogens is 461 g/mol. The number of fused-ring (bicyclic) bond motifs is 1. The fourth-order valence-corrected chi connectivity index (χ4v) is 5.72. The molecule has 1 amide bonds. The summed E-state index contributed by atoms with van der Waals surface area (Å²) in [7, 11) is -4.00. The van der Waals surface area contributed by atoms with Gasteiger partial charge in [0, 0.05) is 38.0 Å². The highest BCUT2D eigenvalue weighted by Gasteiger charge is 2.46. The lowest BCUT2D eigenvalue weighted by atomic mass is 10.2. The van der Waals surface area contributed by atoms with Gasteiger partial charge in [0.2, 0.25) is 15.9 Å². The molecule has 0 bridgehead atoms. The fourth-order valence-electron chi connectivity index (χ4n) is 4.26. The molecule has 0 spiro atoms. The van der Waals surface area contributed by atoms with Crippen LogP contribution in [0.5, 0.6) is 5.88 Å². The minimum Gasteiger partial charge on any atom is -0.463 e. The highest BCUT2D eigenvalue weighted by molar-refractivity contribution is 7.89. The van der Waals surface area contributed by atoms with Crippen molar-refractivity contribution in [2.45, 2.75) is 48.4 Å². The Balaban J connectivity index is 1.26. The minimum absolute atomic E-state index is 0.0429. The highest BCUT2D eigenvalue weighted by atomic mass is 32.2. The van der Waals surface area contributed by atoms with Gasteiger partial charge < -0.3 is 9.64 Å². The summed E-state index contributed by atoms with van der Waals surface area (Å²) >= 11 is 0. The van der Waals surface area contributed by atoms with Crippen LogP contribution in [0.4, 0.5) is 13.2 Å². The topological polar surface area (TPSA) is 92.7 Å². The van der Waals surface area contributed by atoms with Crippen LogP contribution < -0.4 is 4.74 Å². The van der Waals surface area contributed by atoms with E-state index in [0.717, 1.165) is 42.8 Å². The van der Waals surface area contributed by atoms with E-state index in [1.165, 1.54) is 10.5 Å². The van der Waals surface area contributed by atoms with Gasteiger partial charge in [-0.25, -0.2) is 13.4 Å². The molecule has 12 heteroatoms. The van der Waals surface area contributed by atoms with E-state index < -0.39 is 27.9 Å². The van der Waals surface area contributed by atoms with Gasteiger partial charge in [0.15, 0.2) is 6.10 Å². The maximum absolute atomic E-state index is 13.0. The monoisotopic (exact) mass is 482 g/mol. The molecule has 2 atom stereocenters. The van der Waals surface area contributed by atoms with Gasteiger partial charge in [-0.1, -0.05) is 0 Å². The SMILES string of the molecule is O=C1C(Oc2cnc(C3CC3)cn2)CC2CN(S(=O)(=O)c3ccc(C(F)(F)F)cc3)CCN12. The third-order valence-corrected chi connectivity index (χ3v) is 8.10. The van der Waals surface area contributed by atoms with E-state index in [0.29, 0.717) is 5.92 Å². The lowest BCUT2D eigenvalue weighted by Gasteiger charge is -2.36. The Kier molecular flexibility index (Phi) is 5.31. The smallest absolute Gasteiger partial charge is 0.416 e. The number of piperazine rings is 1. The average Bonchev–Trinajstić information content (AvgIpc) is 3.59. The van der Waals surface area contributed by atoms with Gasteiger partial charge in [0.25, 0.3) is 5.91 Å². The van der Waals surface area contributed by atoms with Crippen molar-refractivity contribution in [1.82, 2.24) is 19.2 Å². The van der Waals surface area contributed by atoms with Gasteiger partial charge in [-0.3, -0.25) is 9.78 Å². The predicted molar refractivity (Wildman–Crippen MR) is 109 cm³/mol. The molecule has 2 aromatic rings. The first-order valence-corrected chi connectivity index (χ1v) is 12.0. The molecule has 1 aromatic carbocycles. The van der Waals surface area contributed by atoms with Crippen molar-refractivity contribution in [3.63, 3.8) is 0 Å². The Morgan fingerprint density at radius 2 is 1.76 bits per heavy atom. The molecule has 3 heterocycles. The van der Waals surface area contributed by atoms with Crippen molar-refractivity contribution >= 4 is 15.9 Å². The van der Waals surface area contributed by atoms with E-state index in [-0.39, 0.29) is 48.8 Å². The summed E-state index contributed by atoms with van der Waals surface area (Å²) < 4.78 is 71.3. The molecule has 1 aromatic heterocycles. The van der Waals surface area contributed by atoms with Crippen LogP contribution >= 0.6 is 0 Å². The van der Waals surface area contributed by atoms with E-state index in [1.54, 1.807) is 11.1 Å². The third-order valence-electron chi connectivity index (χ3n) is 6.22. The van der Waals surface area contributed by atoms with Crippen molar-refractivity contribution < 1.29 is 31.1 Å². The van der Waals surface area contributed by atoms with Crippen LogP contribution in [-0.2, 0) is 21.0 Å². The largest absolute Gasteiger partial charge is 0.463 e. The van der Waals surface area contributed by atoms with Gasteiger partial charge in [-0.2, -0.15) is 17.5 Å². The summed E-state index contributed by atoms with van der Waals surface area (Å²) in [4.78, 5) is 22.7. The normalized spacial score (nSPS) is 24.1. The molecule has 0 radical (unpaired) electrons. The number of carbonyl (C=O) groups is 1. The highest BCUT2D eigenvalue weighted by Crippen LogP contribution is 2.39. The Hall–Kier alpha value is -2.73. The van der Waals surface area contributed by atoms with Crippen LogP contribution in [0, 0.1) is 0 Å². The summed E-state index contributed by atoms with van der Waals surface area (Å²) in [6, 6.07) is 3.03. The van der Waals surface area contributed by atoms with Crippen molar-refractivity contribution in [2.75, 3.05) is 19.6 Å². The number of rotatable bonds is 5. The molecule has 3 fully saturated rings. The van der Waals surface area contributed by atoms with Crippen LogP contribution in [0.25, 0.3) is 0 Å². The van der Waals surface area contributed by atoms with E-state index in [4.69, 9.17) is 4.74 Å². The number of carbonyl (C=O) groups excluding carboxylic acids is 1. The second-order valence-corrected chi connectivity index (χ2v) is 10.4. The first-order valence-electron chi connectivity index (χ1n) is 10.6. The van der Waals surface area contributed by atoms with Crippen LogP contribution in [0.3, 0.4) is 0 Å². The number of aromatic nitrogens is 2. The number of benzene rings is 1. The van der Waals surface area contributed by atoms with Crippen LogP contribution in [0.15, 0.2) is 41.6 Å². The molecule has 3 aliphatic rings. The molecule has 2 aliphatic heterocycles. The fraction of sp³-hybridized carbons (Fsp3) is 0.476. The molecule has 0 N–H and O–H groups in total. The van der Waals surface area contributed by atoms with Crippen molar-refractivity contribution in [3.8, 4) is 5.88 Å². The maximum Gasteiger partial charge on any atom is 0.416 e.